The molecule has 2 aliphatic rings. The van der Waals surface area contributed by atoms with Crippen LogP contribution in [0.1, 0.15) is 30.7 Å². The predicted molar refractivity (Wildman–Crippen MR) is 144 cm³/mol. The number of aliphatic carboxylic acids is 1. The van der Waals surface area contributed by atoms with Crippen LogP contribution in [0, 0.1) is 0 Å². The molecule has 1 amide bonds. The van der Waals surface area contributed by atoms with E-state index >= 15 is 0 Å². The maximum absolute atomic E-state index is 13.5. The number of nitrogens with zero attached hydrogens (tertiary/aromatic N) is 5. The number of benzene rings is 1. The number of aromatic nitrogens is 2. The van der Waals surface area contributed by atoms with Gasteiger partial charge in [-0.2, -0.15) is 0 Å². The average Bonchev–Trinajstić information content (AvgIpc) is 3.13. The van der Waals surface area contributed by atoms with E-state index in [0.717, 1.165) is 22.3 Å². The normalized spacial score (nSPS) is 18.2. The molecule has 0 atom stereocenters. The van der Waals surface area contributed by atoms with Crippen molar-refractivity contribution in [3.63, 3.8) is 0 Å². The van der Waals surface area contributed by atoms with Crippen LogP contribution < -0.4 is 0 Å². The van der Waals surface area contributed by atoms with Crippen molar-refractivity contribution in [2.75, 3.05) is 45.8 Å². The first-order valence-corrected chi connectivity index (χ1v) is 13.2. The Labute approximate surface area is 226 Å². The third-order valence-electron chi connectivity index (χ3n) is 7.33. The zero-order valence-electron chi connectivity index (χ0n) is 21.1. The monoisotopic (exact) mass is 543 g/mol. The number of pyridine rings is 1. The highest BCUT2D eigenvalue weighted by atomic mass is 35.5. The van der Waals surface area contributed by atoms with Crippen LogP contribution in [0.4, 0.5) is 0 Å². The number of carboxylic acid groups (broad SMARTS) is 1. The van der Waals surface area contributed by atoms with Crippen molar-refractivity contribution in [1.29, 1.82) is 0 Å². The zero-order valence-corrected chi connectivity index (χ0v) is 22.6. The Morgan fingerprint density at radius 1 is 1.03 bits per heavy atom. The van der Waals surface area contributed by atoms with Crippen LogP contribution in [-0.2, 0) is 28.1 Å². The summed E-state index contributed by atoms with van der Waals surface area (Å²) in [5.74, 6) is -0.734. The molecule has 0 radical (unpaired) electrons. The molecule has 0 spiro atoms. The fourth-order valence-electron chi connectivity index (χ4n) is 5.76. The van der Waals surface area contributed by atoms with Crippen molar-refractivity contribution in [3.05, 3.63) is 63.4 Å². The van der Waals surface area contributed by atoms with Gasteiger partial charge in [-0.05, 0) is 41.5 Å². The number of rotatable bonds is 6. The molecule has 1 N–H and O–H groups in total. The van der Waals surface area contributed by atoms with Crippen LogP contribution >= 0.6 is 23.2 Å². The summed E-state index contributed by atoms with van der Waals surface area (Å²) >= 11 is 12.6. The van der Waals surface area contributed by atoms with Crippen LogP contribution in [0.3, 0.4) is 0 Å². The lowest BCUT2D eigenvalue weighted by Crippen LogP contribution is -2.53. The maximum atomic E-state index is 13.5. The van der Waals surface area contributed by atoms with Gasteiger partial charge in [0.1, 0.15) is 5.65 Å². The van der Waals surface area contributed by atoms with Crippen LogP contribution in [0.15, 0.2) is 36.5 Å². The van der Waals surface area contributed by atoms with Gasteiger partial charge in [0, 0.05) is 72.0 Å². The van der Waals surface area contributed by atoms with Crippen molar-refractivity contribution in [2.45, 2.75) is 32.4 Å². The van der Waals surface area contributed by atoms with Crippen LogP contribution in [-0.4, -0.2) is 87.0 Å². The van der Waals surface area contributed by atoms with Gasteiger partial charge in [0.15, 0.2) is 0 Å². The first-order valence-electron chi connectivity index (χ1n) is 12.5. The van der Waals surface area contributed by atoms with Crippen LogP contribution in [0.5, 0.6) is 0 Å². The lowest BCUT2D eigenvalue weighted by atomic mass is 9.79. The quantitative estimate of drug-likeness (QED) is 0.510. The summed E-state index contributed by atoms with van der Waals surface area (Å²) in [4.78, 5) is 35.2. The summed E-state index contributed by atoms with van der Waals surface area (Å²) in [6, 6.07) is 9.61. The van der Waals surface area contributed by atoms with E-state index in [4.69, 9.17) is 33.3 Å². The third kappa shape index (κ3) is 5.48. The number of fused-ring (bicyclic) bond motifs is 3. The second-order valence-electron chi connectivity index (χ2n) is 10.6. The first-order chi connectivity index (χ1) is 17.6. The molecule has 0 saturated carbocycles. The van der Waals surface area contributed by atoms with Gasteiger partial charge in [-0.3, -0.25) is 19.4 Å². The number of hydrogen-bond acceptors (Lipinski definition) is 5. The fraction of sp³-hybridized carbons (Fsp3) is 0.444. The highest BCUT2D eigenvalue weighted by Crippen LogP contribution is 2.40. The molecular weight excluding hydrogens is 513 g/mol. The summed E-state index contributed by atoms with van der Waals surface area (Å²) in [5.41, 5.74) is 3.92. The Kier molecular flexibility index (Phi) is 7.20. The molecule has 196 valence electrons. The largest absolute Gasteiger partial charge is 0.480 e. The molecule has 1 fully saturated rings. The molecule has 37 heavy (non-hydrogen) atoms. The molecule has 3 aromatic rings. The van der Waals surface area contributed by atoms with E-state index in [1.165, 1.54) is 5.56 Å². The highest BCUT2D eigenvalue weighted by Gasteiger charge is 2.39. The van der Waals surface area contributed by atoms with Gasteiger partial charge in [0.2, 0.25) is 5.91 Å². The Morgan fingerprint density at radius 3 is 2.32 bits per heavy atom. The fourth-order valence-corrected chi connectivity index (χ4v) is 6.33. The second-order valence-corrected chi connectivity index (χ2v) is 11.5. The van der Waals surface area contributed by atoms with E-state index in [-0.39, 0.29) is 17.9 Å². The summed E-state index contributed by atoms with van der Waals surface area (Å²) in [6.45, 7) is 9.07. The van der Waals surface area contributed by atoms with Gasteiger partial charge in [0.05, 0.1) is 19.6 Å². The van der Waals surface area contributed by atoms with E-state index in [9.17, 15) is 9.59 Å². The van der Waals surface area contributed by atoms with Gasteiger partial charge in [-0.25, -0.2) is 4.98 Å². The standard InChI is InChI=1S/C27H31Cl2N5O3/c1-27(2)17-33(23(35)15-31-6-8-32(9-7-31)16-24(36)37)14-22-25(27)21-4-3-5-30-26(21)34(22)13-18-10-19(28)12-20(29)11-18/h3-5,10-12H,6-9,13-17H2,1-2H3,(H,36,37). The van der Waals surface area contributed by atoms with E-state index in [1.807, 2.05) is 28.0 Å². The zero-order chi connectivity index (χ0) is 26.3. The minimum atomic E-state index is -0.819. The predicted octanol–water partition coefficient (Wildman–Crippen LogP) is 3.71. The highest BCUT2D eigenvalue weighted by molar-refractivity contribution is 6.34. The molecule has 1 aromatic carbocycles. The van der Waals surface area contributed by atoms with Crippen molar-refractivity contribution >= 4 is 46.1 Å². The molecule has 0 aliphatic carbocycles. The smallest absolute Gasteiger partial charge is 0.317 e. The van der Waals surface area contributed by atoms with Gasteiger partial charge in [0.25, 0.3) is 0 Å². The van der Waals surface area contributed by atoms with E-state index < -0.39 is 5.97 Å². The number of carbonyl (C=O) groups excluding carboxylic acids is 1. The number of carbonyl (C=O) groups is 2. The van der Waals surface area contributed by atoms with Crippen molar-refractivity contribution in [2.24, 2.45) is 0 Å². The number of halogens is 2. The number of piperazine rings is 1. The van der Waals surface area contributed by atoms with Crippen molar-refractivity contribution in [1.82, 2.24) is 24.3 Å². The number of carboxylic acids is 1. The molecule has 8 nitrogen and oxygen atoms in total. The first kappa shape index (κ1) is 26.0. The SMILES string of the molecule is CC1(C)CN(C(=O)CN2CCN(CC(=O)O)CC2)Cc2c1c1cccnc1n2Cc1cc(Cl)cc(Cl)c1. The molecule has 0 unspecified atom stereocenters. The molecule has 4 heterocycles. The molecule has 2 aliphatic heterocycles. The lowest BCUT2D eigenvalue weighted by molar-refractivity contribution is -0.140. The van der Waals surface area contributed by atoms with Crippen LogP contribution in [0.25, 0.3) is 11.0 Å². The van der Waals surface area contributed by atoms with Gasteiger partial charge in [-0.1, -0.05) is 37.0 Å². The maximum Gasteiger partial charge on any atom is 0.317 e. The van der Waals surface area contributed by atoms with Gasteiger partial charge >= 0.3 is 5.97 Å². The summed E-state index contributed by atoms with van der Waals surface area (Å²) in [5, 5.41) is 11.3. The average molecular weight is 544 g/mol. The van der Waals surface area contributed by atoms with Gasteiger partial charge in [-0.15, -0.1) is 0 Å². The van der Waals surface area contributed by atoms with E-state index in [0.29, 0.717) is 62.4 Å². The van der Waals surface area contributed by atoms with E-state index in [2.05, 4.69) is 29.4 Å². The van der Waals surface area contributed by atoms with Gasteiger partial charge < -0.3 is 14.6 Å². The third-order valence-corrected chi connectivity index (χ3v) is 7.76. The molecule has 1 saturated heterocycles. The van der Waals surface area contributed by atoms with Crippen molar-refractivity contribution < 1.29 is 14.7 Å². The molecule has 0 bridgehead atoms. The molecule has 2 aromatic heterocycles. The summed E-state index contributed by atoms with van der Waals surface area (Å²) in [6.07, 6.45) is 1.80. The topological polar surface area (TPSA) is 81.9 Å². The number of amides is 1. The Balaban J connectivity index is 1.41. The second kappa shape index (κ2) is 10.3. The Morgan fingerprint density at radius 2 is 1.68 bits per heavy atom. The lowest BCUT2D eigenvalue weighted by Gasteiger charge is -2.40. The Bertz CT molecular complexity index is 1330. The summed E-state index contributed by atoms with van der Waals surface area (Å²) in [7, 11) is 0. The molecule has 5 rings (SSSR count). The number of hydrogen-bond donors (Lipinski definition) is 1. The summed E-state index contributed by atoms with van der Waals surface area (Å²) < 4.78 is 2.19. The van der Waals surface area contributed by atoms with E-state index in [1.54, 1.807) is 12.3 Å². The Hall–Kier alpha value is -2.65. The molecule has 10 heteroatoms. The van der Waals surface area contributed by atoms with Crippen molar-refractivity contribution in [3.8, 4) is 0 Å². The minimum Gasteiger partial charge on any atom is -0.480 e. The minimum absolute atomic E-state index is 0.0430. The van der Waals surface area contributed by atoms with Crippen LogP contribution in [0.2, 0.25) is 10.0 Å². The molecular formula is C27H31Cl2N5O3.